The van der Waals surface area contributed by atoms with E-state index >= 15 is 0 Å². The van der Waals surface area contributed by atoms with Crippen LogP contribution in [0.4, 0.5) is 15.9 Å². The highest BCUT2D eigenvalue weighted by molar-refractivity contribution is 6.30. The summed E-state index contributed by atoms with van der Waals surface area (Å²) in [6.07, 6.45) is 0.889. The van der Waals surface area contributed by atoms with E-state index in [1.54, 1.807) is 0 Å². The molecule has 0 saturated carbocycles. The van der Waals surface area contributed by atoms with Crippen molar-refractivity contribution in [2.75, 3.05) is 11.9 Å². The molecule has 0 unspecified atom stereocenters. The van der Waals surface area contributed by atoms with Crippen molar-refractivity contribution in [2.45, 2.75) is 13.3 Å². The van der Waals surface area contributed by atoms with Crippen LogP contribution < -0.4 is 5.32 Å². The third-order valence-corrected chi connectivity index (χ3v) is 2.98. The molecule has 7 heteroatoms. The number of anilines is 1. The lowest BCUT2D eigenvalue weighted by atomic mass is 10.1. The van der Waals surface area contributed by atoms with Crippen molar-refractivity contribution in [3.8, 4) is 11.3 Å². The van der Waals surface area contributed by atoms with E-state index in [4.69, 9.17) is 11.6 Å². The van der Waals surface area contributed by atoms with Gasteiger partial charge in [-0.2, -0.15) is 0 Å². The minimum Gasteiger partial charge on any atom is -0.370 e. The minimum absolute atomic E-state index is 0.0857. The largest absolute Gasteiger partial charge is 0.370 e. The van der Waals surface area contributed by atoms with Gasteiger partial charge in [-0.25, -0.2) is 9.37 Å². The van der Waals surface area contributed by atoms with E-state index in [0.29, 0.717) is 12.4 Å². The van der Waals surface area contributed by atoms with E-state index in [1.807, 2.05) is 6.92 Å². The van der Waals surface area contributed by atoms with Gasteiger partial charge in [0.1, 0.15) is 11.6 Å². The van der Waals surface area contributed by atoms with Gasteiger partial charge in [-0.3, -0.25) is 10.1 Å². The molecule has 0 spiro atoms. The molecule has 2 rings (SSSR count). The van der Waals surface area contributed by atoms with Crippen LogP contribution >= 0.6 is 11.6 Å². The van der Waals surface area contributed by atoms with Crippen molar-refractivity contribution in [2.24, 2.45) is 0 Å². The minimum atomic E-state index is -0.569. The predicted molar refractivity (Wildman–Crippen MR) is 80.1 cm³/mol. The van der Waals surface area contributed by atoms with Crippen LogP contribution in [0.5, 0.6) is 0 Å². The number of rotatable bonds is 5. The van der Waals surface area contributed by atoms with Gasteiger partial charge in [0.15, 0.2) is 5.69 Å². The lowest BCUT2D eigenvalue weighted by Gasteiger charge is -2.08. The quantitative estimate of drug-likeness (QED) is 0.661. The molecule has 0 amide bonds. The Morgan fingerprint density at radius 3 is 2.76 bits per heavy atom. The zero-order valence-corrected chi connectivity index (χ0v) is 12.0. The molecule has 1 heterocycles. The standard InChI is InChI=1S/C14H13ClFN3O2/c1-2-5-17-13-4-3-12(19(20)21)14(18-13)9-6-10(15)8-11(16)7-9/h3-4,6-8H,2,5H2,1H3,(H,17,18). The molecule has 1 aromatic heterocycles. The van der Waals surface area contributed by atoms with Gasteiger partial charge in [0.05, 0.1) is 4.92 Å². The van der Waals surface area contributed by atoms with Crippen LogP contribution in [0.3, 0.4) is 0 Å². The summed E-state index contributed by atoms with van der Waals surface area (Å²) in [7, 11) is 0. The fourth-order valence-electron chi connectivity index (χ4n) is 1.85. The number of aromatic nitrogens is 1. The highest BCUT2D eigenvalue weighted by Gasteiger charge is 2.18. The van der Waals surface area contributed by atoms with Crippen molar-refractivity contribution in [1.82, 2.24) is 4.98 Å². The summed E-state index contributed by atoms with van der Waals surface area (Å²) in [5.41, 5.74) is 0.160. The topological polar surface area (TPSA) is 68.1 Å². The first-order valence-electron chi connectivity index (χ1n) is 6.37. The Morgan fingerprint density at radius 2 is 2.14 bits per heavy atom. The number of nitrogens with zero attached hydrogens (tertiary/aromatic N) is 2. The van der Waals surface area contributed by atoms with Gasteiger partial charge < -0.3 is 5.32 Å². The molecule has 0 aliphatic heterocycles. The molecule has 21 heavy (non-hydrogen) atoms. The van der Waals surface area contributed by atoms with Crippen LogP contribution in [0.25, 0.3) is 11.3 Å². The highest BCUT2D eigenvalue weighted by Crippen LogP contribution is 2.31. The summed E-state index contributed by atoms with van der Waals surface area (Å²) in [5, 5.41) is 14.3. The highest BCUT2D eigenvalue weighted by atomic mass is 35.5. The van der Waals surface area contributed by atoms with Gasteiger partial charge in [-0.15, -0.1) is 0 Å². The summed E-state index contributed by atoms with van der Waals surface area (Å²) in [5.74, 6) is -0.0710. The third-order valence-electron chi connectivity index (χ3n) is 2.76. The van der Waals surface area contributed by atoms with Gasteiger partial charge in [0.25, 0.3) is 5.69 Å². The Morgan fingerprint density at radius 1 is 1.38 bits per heavy atom. The molecule has 0 aliphatic rings. The molecular formula is C14H13ClFN3O2. The van der Waals surface area contributed by atoms with E-state index in [9.17, 15) is 14.5 Å². The molecule has 0 radical (unpaired) electrons. The predicted octanol–water partition coefficient (Wildman–Crippen LogP) is 4.27. The van der Waals surface area contributed by atoms with E-state index in [-0.39, 0.29) is 22.0 Å². The molecule has 0 saturated heterocycles. The normalized spacial score (nSPS) is 10.4. The summed E-state index contributed by atoms with van der Waals surface area (Å²) >= 11 is 5.80. The number of pyridine rings is 1. The monoisotopic (exact) mass is 309 g/mol. The summed E-state index contributed by atoms with van der Waals surface area (Å²) in [6, 6.07) is 6.63. The lowest BCUT2D eigenvalue weighted by Crippen LogP contribution is -2.04. The number of halogens is 2. The average molecular weight is 310 g/mol. The van der Waals surface area contributed by atoms with E-state index < -0.39 is 10.7 Å². The van der Waals surface area contributed by atoms with Crippen LogP contribution in [0.15, 0.2) is 30.3 Å². The third kappa shape index (κ3) is 3.66. The molecule has 0 bridgehead atoms. The second-order valence-electron chi connectivity index (χ2n) is 4.41. The number of nitro groups is 1. The van der Waals surface area contributed by atoms with Crippen LogP contribution in [-0.2, 0) is 0 Å². The summed E-state index contributed by atoms with van der Waals surface area (Å²) in [6.45, 7) is 2.68. The Labute approximate surface area is 125 Å². The van der Waals surface area contributed by atoms with Crippen LogP contribution in [0, 0.1) is 15.9 Å². The number of hydrogen-bond acceptors (Lipinski definition) is 4. The first kappa shape index (κ1) is 15.2. The summed E-state index contributed by atoms with van der Waals surface area (Å²) < 4.78 is 13.5. The Bertz CT molecular complexity index is 659. The van der Waals surface area contributed by atoms with Crippen molar-refractivity contribution >= 4 is 23.1 Å². The second-order valence-corrected chi connectivity index (χ2v) is 4.84. The van der Waals surface area contributed by atoms with Gasteiger partial charge in [-0.1, -0.05) is 18.5 Å². The van der Waals surface area contributed by atoms with Gasteiger partial charge in [0, 0.05) is 23.2 Å². The molecule has 2 aromatic rings. The Hall–Kier alpha value is -2.21. The maximum atomic E-state index is 13.5. The van der Waals surface area contributed by atoms with Gasteiger partial charge in [0.2, 0.25) is 0 Å². The first-order chi connectivity index (χ1) is 10.0. The fourth-order valence-corrected chi connectivity index (χ4v) is 2.08. The molecule has 5 nitrogen and oxygen atoms in total. The Balaban J connectivity index is 2.54. The van der Waals surface area contributed by atoms with Crippen molar-refractivity contribution in [1.29, 1.82) is 0 Å². The molecule has 0 aliphatic carbocycles. The summed E-state index contributed by atoms with van der Waals surface area (Å²) in [4.78, 5) is 14.8. The molecule has 1 aromatic carbocycles. The van der Waals surface area contributed by atoms with Crippen molar-refractivity contribution < 1.29 is 9.31 Å². The molecule has 0 atom stereocenters. The van der Waals surface area contributed by atoms with Crippen LogP contribution in [0.1, 0.15) is 13.3 Å². The number of benzene rings is 1. The lowest BCUT2D eigenvalue weighted by molar-refractivity contribution is -0.384. The number of nitrogens with one attached hydrogen (secondary N) is 1. The number of hydrogen-bond donors (Lipinski definition) is 1. The maximum absolute atomic E-state index is 13.5. The molecule has 0 fully saturated rings. The van der Waals surface area contributed by atoms with Crippen molar-refractivity contribution in [3.63, 3.8) is 0 Å². The van der Waals surface area contributed by atoms with Gasteiger partial charge >= 0.3 is 0 Å². The maximum Gasteiger partial charge on any atom is 0.295 e. The van der Waals surface area contributed by atoms with Crippen molar-refractivity contribution in [3.05, 3.63) is 51.3 Å². The van der Waals surface area contributed by atoms with Crippen LogP contribution in [0.2, 0.25) is 5.02 Å². The first-order valence-corrected chi connectivity index (χ1v) is 6.75. The second kappa shape index (κ2) is 6.49. The van der Waals surface area contributed by atoms with E-state index in [2.05, 4.69) is 10.3 Å². The molecule has 110 valence electrons. The van der Waals surface area contributed by atoms with Gasteiger partial charge in [-0.05, 0) is 30.7 Å². The SMILES string of the molecule is CCCNc1ccc([N+](=O)[O-])c(-c2cc(F)cc(Cl)c2)n1. The van der Waals surface area contributed by atoms with E-state index in [0.717, 1.165) is 12.5 Å². The fraction of sp³-hybridized carbons (Fsp3) is 0.214. The van der Waals surface area contributed by atoms with E-state index in [1.165, 1.54) is 24.3 Å². The molecular weight excluding hydrogens is 297 g/mol. The average Bonchev–Trinajstić information content (AvgIpc) is 2.43. The zero-order chi connectivity index (χ0) is 15.4. The Kier molecular flexibility index (Phi) is 4.70. The molecule has 1 N–H and O–H groups in total. The van der Waals surface area contributed by atoms with Crippen LogP contribution in [-0.4, -0.2) is 16.5 Å². The zero-order valence-electron chi connectivity index (χ0n) is 11.3. The smallest absolute Gasteiger partial charge is 0.295 e.